The summed E-state index contributed by atoms with van der Waals surface area (Å²) in [6.45, 7) is 0.431. The van der Waals surface area contributed by atoms with E-state index in [1.165, 1.54) is 11.3 Å². The van der Waals surface area contributed by atoms with Gasteiger partial charge in [-0.25, -0.2) is 0 Å². The average Bonchev–Trinajstić information content (AvgIpc) is 2.83. The van der Waals surface area contributed by atoms with Crippen molar-refractivity contribution >= 4 is 28.8 Å². The highest BCUT2D eigenvalue weighted by Gasteiger charge is 2.07. The molecule has 18 heavy (non-hydrogen) atoms. The molecule has 0 atom stereocenters. The molecule has 0 aliphatic heterocycles. The van der Waals surface area contributed by atoms with Crippen molar-refractivity contribution in [1.29, 1.82) is 5.26 Å². The van der Waals surface area contributed by atoms with E-state index in [0.717, 1.165) is 5.56 Å². The molecule has 90 valence electrons. The molecule has 0 radical (unpaired) electrons. The van der Waals surface area contributed by atoms with Crippen LogP contribution in [0.3, 0.4) is 0 Å². The van der Waals surface area contributed by atoms with Gasteiger partial charge in [0.15, 0.2) is 0 Å². The Morgan fingerprint density at radius 2 is 2.00 bits per heavy atom. The fourth-order valence-electron chi connectivity index (χ4n) is 1.40. The van der Waals surface area contributed by atoms with Crippen molar-refractivity contribution in [3.63, 3.8) is 0 Å². The standard InChI is InChI=1S/C13H9ClN2OS/c14-12-6-5-11(18-12)13(17)16-8-10-3-1-9(7-15)2-4-10/h1-6H,8H2,(H,16,17). The van der Waals surface area contributed by atoms with Crippen molar-refractivity contribution in [2.45, 2.75) is 6.54 Å². The number of halogens is 1. The van der Waals surface area contributed by atoms with E-state index in [-0.39, 0.29) is 5.91 Å². The number of carbonyl (C=O) groups is 1. The van der Waals surface area contributed by atoms with Crippen molar-refractivity contribution < 1.29 is 4.79 Å². The lowest BCUT2D eigenvalue weighted by Gasteiger charge is -2.03. The first-order chi connectivity index (χ1) is 8.69. The van der Waals surface area contributed by atoms with Gasteiger partial charge in [0.1, 0.15) is 0 Å². The summed E-state index contributed by atoms with van der Waals surface area (Å²) >= 11 is 7.01. The SMILES string of the molecule is N#Cc1ccc(CNC(=O)c2ccc(Cl)s2)cc1. The lowest BCUT2D eigenvalue weighted by molar-refractivity contribution is 0.0955. The third-order valence-corrected chi connectivity index (χ3v) is 3.56. The predicted octanol–water partition coefficient (Wildman–Crippen LogP) is 3.20. The first-order valence-corrected chi connectivity index (χ1v) is 6.41. The van der Waals surface area contributed by atoms with Crippen LogP contribution in [0.15, 0.2) is 36.4 Å². The van der Waals surface area contributed by atoms with Gasteiger partial charge < -0.3 is 5.32 Å². The van der Waals surface area contributed by atoms with Crippen molar-refractivity contribution in [2.75, 3.05) is 0 Å². The molecule has 1 amide bonds. The van der Waals surface area contributed by atoms with Crippen LogP contribution in [0.4, 0.5) is 0 Å². The van der Waals surface area contributed by atoms with Gasteiger partial charge in [-0.2, -0.15) is 5.26 Å². The van der Waals surface area contributed by atoms with Crippen LogP contribution >= 0.6 is 22.9 Å². The molecular formula is C13H9ClN2OS. The Hall–Kier alpha value is -1.83. The highest BCUT2D eigenvalue weighted by atomic mass is 35.5. The van der Waals surface area contributed by atoms with Gasteiger partial charge >= 0.3 is 0 Å². The molecule has 0 bridgehead atoms. The number of hydrogen-bond acceptors (Lipinski definition) is 3. The van der Waals surface area contributed by atoms with Gasteiger partial charge in [-0.3, -0.25) is 4.79 Å². The van der Waals surface area contributed by atoms with Crippen LogP contribution in [0.25, 0.3) is 0 Å². The van der Waals surface area contributed by atoms with E-state index in [1.54, 1.807) is 24.3 Å². The fraction of sp³-hybridized carbons (Fsp3) is 0.0769. The van der Waals surface area contributed by atoms with Crippen LogP contribution < -0.4 is 5.32 Å². The molecule has 0 saturated carbocycles. The number of nitrogens with one attached hydrogen (secondary N) is 1. The van der Waals surface area contributed by atoms with Crippen molar-refractivity contribution in [3.05, 3.63) is 56.7 Å². The Labute approximate surface area is 114 Å². The summed E-state index contributed by atoms with van der Waals surface area (Å²) in [6.07, 6.45) is 0. The minimum absolute atomic E-state index is 0.142. The topological polar surface area (TPSA) is 52.9 Å². The largest absolute Gasteiger partial charge is 0.347 e. The van der Waals surface area contributed by atoms with Gasteiger partial charge in [0.2, 0.25) is 0 Å². The lowest BCUT2D eigenvalue weighted by atomic mass is 10.1. The maximum Gasteiger partial charge on any atom is 0.261 e. The van der Waals surface area contributed by atoms with Crippen LogP contribution in [0.2, 0.25) is 4.34 Å². The summed E-state index contributed by atoms with van der Waals surface area (Å²) < 4.78 is 0.596. The van der Waals surface area contributed by atoms with E-state index in [0.29, 0.717) is 21.3 Å². The highest BCUT2D eigenvalue weighted by Crippen LogP contribution is 2.21. The lowest BCUT2D eigenvalue weighted by Crippen LogP contribution is -2.21. The molecule has 5 heteroatoms. The first-order valence-electron chi connectivity index (χ1n) is 5.21. The van der Waals surface area contributed by atoms with Crippen molar-refractivity contribution in [1.82, 2.24) is 5.32 Å². The molecule has 0 spiro atoms. The van der Waals surface area contributed by atoms with E-state index in [4.69, 9.17) is 16.9 Å². The third-order valence-electron chi connectivity index (χ3n) is 2.33. The second-order valence-electron chi connectivity index (χ2n) is 3.60. The average molecular weight is 277 g/mol. The van der Waals surface area contributed by atoms with Crippen LogP contribution in [0.1, 0.15) is 20.8 Å². The molecule has 0 unspecified atom stereocenters. The maximum atomic E-state index is 11.7. The maximum absolute atomic E-state index is 11.7. The predicted molar refractivity (Wildman–Crippen MR) is 71.7 cm³/mol. The molecule has 1 aromatic heterocycles. The summed E-state index contributed by atoms with van der Waals surface area (Å²) in [5.41, 5.74) is 1.56. The number of rotatable bonds is 3. The first kappa shape index (κ1) is 12.6. The van der Waals surface area contributed by atoms with E-state index in [2.05, 4.69) is 5.32 Å². The Morgan fingerprint density at radius 3 is 2.56 bits per heavy atom. The third kappa shape index (κ3) is 3.10. The summed E-state index contributed by atoms with van der Waals surface area (Å²) in [4.78, 5) is 12.3. The molecule has 0 saturated heterocycles. The molecule has 2 aromatic rings. The van der Waals surface area contributed by atoms with Crippen molar-refractivity contribution in [3.8, 4) is 6.07 Å². The van der Waals surface area contributed by atoms with E-state index in [1.807, 2.05) is 18.2 Å². The summed E-state index contributed by atoms with van der Waals surface area (Å²) in [5, 5.41) is 11.5. The van der Waals surface area contributed by atoms with E-state index < -0.39 is 0 Å². The zero-order valence-corrected chi connectivity index (χ0v) is 10.9. The number of thiophene rings is 1. The quantitative estimate of drug-likeness (QED) is 0.936. The van der Waals surface area contributed by atoms with Gasteiger partial charge in [0, 0.05) is 6.54 Å². The van der Waals surface area contributed by atoms with E-state index in [9.17, 15) is 4.79 Å². The number of amides is 1. The number of hydrogen-bond donors (Lipinski definition) is 1. The van der Waals surface area contributed by atoms with E-state index >= 15 is 0 Å². The Bertz CT molecular complexity index is 598. The molecule has 1 N–H and O–H groups in total. The van der Waals surface area contributed by atoms with Crippen LogP contribution in [0, 0.1) is 11.3 Å². The molecular weight excluding hydrogens is 268 g/mol. The minimum Gasteiger partial charge on any atom is -0.347 e. The minimum atomic E-state index is -0.142. The monoisotopic (exact) mass is 276 g/mol. The number of nitriles is 1. The number of benzene rings is 1. The Morgan fingerprint density at radius 1 is 1.28 bits per heavy atom. The van der Waals surface area contributed by atoms with Gasteiger partial charge in [0.25, 0.3) is 5.91 Å². The summed E-state index contributed by atoms with van der Waals surface area (Å²) in [7, 11) is 0. The molecule has 1 heterocycles. The molecule has 0 aliphatic rings. The van der Waals surface area contributed by atoms with Crippen LogP contribution in [-0.2, 0) is 6.54 Å². The van der Waals surface area contributed by atoms with Gasteiger partial charge in [-0.05, 0) is 29.8 Å². The van der Waals surface area contributed by atoms with Gasteiger partial charge in [0.05, 0.1) is 20.8 Å². The Balaban J connectivity index is 1.95. The molecule has 2 rings (SSSR count). The molecule has 1 aromatic carbocycles. The van der Waals surface area contributed by atoms with Crippen LogP contribution in [-0.4, -0.2) is 5.91 Å². The molecule has 3 nitrogen and oxygen atoms in total. The molecule has 0 fully saturated rings. The zero-order valence-electron chi connectivity index (χ0n) is 9.31. The van der Waals surface area contributed by atoms with Gasteiger partial charge in [-0.1, -0.05) is 23.7 Å². The normalized spacial score (nSPS) is 9.78. The second kappa shape index (κ2) is 5.67. The second-order valence-corrected chi connectivity index (χ2v) is 5.31. The van der Waals surface area contributed by atoms with Gasteiger partial charge in [-0.15, -0.1) is 11.3 Å². The number of nitrogens with zero attached hydrogens (tertiary/aromatic N) is 1. The highest BCUT2D eigenvalue weighted by molar-refractivity contribution is 7.17. The Kier molecular flexibility index (Phi) is 3.98. The summed E-state index contributed by atoms with van der Waals surface area (Å²) in [5.74, 6) is -0.142. The van der Waals surface area contributed by atoms with Crippen molar-refractivity contribution in [2.24, 2.45) is 0 Å². The zero-order chi connectivity index (χ0) is 13.0. The smallest absolute Gasteiger partial charge is 0.261 e. The fourth-order valence-corrected chi connectivity index (χ4v) is 2.36. The summed E-state index contributed by atoms with van der Waals surface area (Å²) in [6, 6.07) is 12.5. The van der Waals surface area contributed by atoms with Crippen LogP contribution in [0.5, 0.6) is 0 Å². The number of carbonyl (C=O) groups excluding carboxylic acids is 1. The molecule has 0 aliphatic carbocycles.